The van der Waals surface area contributed by atoms with Gasteiger partial charge in [0.1, 0.15) is 0 Å². The minimum Gasteiger partial charge on any atom is -0.395 e. The van der Waals surface area contributed by atoms with Crippen LogP contribution in [0.25, 0.3) is 0 Å². The Bertz CT molecular complexity index is 232. The number of hydrogen-bond donors (Lipinski definition) is 1. The average molecular weight is 194 g/mol. The van der Waals surface area contributed by atoms with Crippen LogP contribution in [0.5, 0.6) is 0 Å². The van der Waals surface area contributed by atoms with E-state index < -0.39 is 0 Å². The van der Waals surface area contributed by atoms with E-state index in [1.165, 1.54) is 19.3 Å². The Morgan fingerprint density at radius 2 is 2.07 bits per heavy atom. The van der Waals surface area contributed by atoms with Crippen LogP contribution in [0.1, 0.15) is 32.1 Å². The molecule has 0 heterocycles. The van der Waals surface area contributed by atoms with Crippen molar-refractivity contribution in [2.75, 3.05) is 13.2 Å². The maximum absolute atomic E-state index is 9.02. The van der Waals surface area contributed by atoms with Gasteiger partial charge in [-0.25, -0.2) is 0 Å². The topological polar surface area (TPSA) is 47.3 Å². The predicted molar refractivity (Wildman–Crippen MR) is 53.6 cm³/mol. The lowest BCUT2D eigenvalue weighted by Crippen LogP contribution is -2.40. The molecule has 1 N–H and O–H groups in total. The summed E-state index contributed by atoms with van der Waals surface area (Å²) in [4.78, 5) is 2.38. The van der Waals surface area contributed by atoms with Gasteiger partial charge in [0.25, 0.3) is 0 Å². The van der Waals surface area contributed by atoms with E-state index in [4.69, 9.17) is 10.4 Å². The first kappa shape index (κ1) is 9.95. The quantitative estimate of drug-likeness (QED) is 0.730. The van der Waals surface area contributed by atoms with Gasteiger partial charge in [-0.15, -0.1) is 0 Å². The van der Waals surface area contributed by atoms with Crippen LogP contribution in [-0.4, -0.2) is 35.2 Å². The van der Waals surface area contributed by atoms with E-state index in [1.807, 2.05) is 0 Å². The maximum Gasteiger partial charge on any atom is 0.0672 e. The molecule has 0 bridgehead atoms. The Morgan fingerprint density at radius 1 is 1.29 bits per heavy atom. The average Bonchev–Trinajstić information content (AvgIpc) is 2.92. The zero-order valence-corrected chi connectivity index (χ0v) is 8.52. The lowest BCUT2D eigenvalue weighted by Gasteiger charge is -2.30. The number of nitrogens with zero attached hydrogens (tertiary/aromatic N) is 2. The molecule has 0 amide bonds. The second-order valence-corrected chi connectivity index (χ2v) is 4.43. The van der Waals surface area contributed by atoms with Crippen molar-refractivity contribution < 1.29 is 5.11 Å². The molecule has 2 aliphatic carbocycles. The van der Waals surface area contributed by atoms with Crippen molar-refractivity contribution in [3.63, 3.8) is 0 Å². The van der Waals surface area contributed by atoms with Gasteiger partial charge in [0.15, 0.2) is 0 Å². The van der Waals surface area contributed by atoms with Gasteiger partial charge in [0.2, 0.25) is 0 Å². The minimum absolute atomic E-state index is 0.210. The fourth-order valence-corrected chi connectivity index (χ4v) is 2.63. The summed E-state index contributed by atoms with van der Waals surface area (Å²) in [5.41, 5.74) is 0. The molecule has 0 saturated heterocycles. The number of hydrogen-bond acceptors (Lipinski definition) is 3. The van der Waals surface area contributed by atoms with Gasteiger partial charge in [-0.1, -0.05) is 6.42 Å². The Hall–Kier alpha value is -0.590. The van der Waals surface area contributed by atoms with Crippen LogP contribution in [0.15, 0.2) is 0 Å². The molecule has 3 heteroatoms. The van der Waals surface area contributed by atoms with E-state index in [-0.39, 0.29) is 12.5 Å². The van der Waals surface area contributed by atoms with Crippen LogP contribution in [0.2, 0.25) is 0 Å². The van der Waals surface area contributed by atoms with E-state index >= 15 is 0 Å². The number of rotatable bonds is 4. The van der Waals surface area contributed by atoms with Crippen molar-refractivity contribution in [2.24, 2.45) is 5.92 Å². The molecule has 0 aromatic rings. The number of aliphatic hydroxyl groups excluding tert-OH is 1. The van der Waals surface area contributed by atoms with Crippen molar-refractivity contribution in [1.82, 2.24) is 4.90 Å². The van der Waals surface area contributed by atoms with Crippen molar-refractivity contribution >= 4 is 0 Å². The molecular weight excluding hydrogens is 176 g/mol. The zero-order chi connectivity index (χ0) is 9.97. The number of nitriles is 1. The molecule has 0 spiro atoms. The first-order valence-electron chi connectivity index (χ1n) is 5.63. The molecule has 2 aliphatic rings. The summed E-state index contributed by atoms with van der Waals surface area (Å²) in [5.74, 6) is 0.210. The van der Waals surface area contributed by atoms with Crippen LogP contribution in [0.4, 0.5) is 0 Å². The summed E-state index contributed by atoms with van der Waals surface area (Å²) in [6.45, 7) is 0.985. The van der Waals surface area contributed by atoms with E-state index in [9.17, 15) is 0 Å². The van der Waals surface area contributed by atoms with Crippen molar-refractivity contribution in [1.29, 1.82) is 5.26 Å². The highest BCUT2D eigenvalue weighted by Crippen LogP contribution is 2.36. The molecule has 2 rings (SSSR count). The van der Waals surface area contributed by atoms with Crippen LogP contribution in [0, 0.1) is 17.2 Å². The summed E-state index contributed by atoms with van der Waals surface area (Å²) in [6.07, 6.45) is 5.89. The largest absolute Gasteiger partial charge is 0.395 e. The van der Waals surface area contributed by atoms with Crippen LogP contribution < -0.4 is 0 Å². The predicted octanol–water partition coefficient (Wildman–Crippen LogP) is 1.14. The highest BCUT2D eigenvalue weighted by molar-refractivity contribution is 5.01. The Kier molecular flexibility index (Phi) is 3.05. The van der Waals surface area contributed by atoms with E-state index in [2.05, 4.69) is 11.0 Å². The highest BCUT2D eigenvalue weighted by Gasteiger charge is 2.39. The van der Waals surface area contributed by atoms with Crippen LogP contribution in [0.3, 0.4) is 0 Å². The molecular formula is C11H18N2O. The summed E-state index contributed by atoms with van der Waals surface area (Å²) in [6, 6.07) is 3.51. The SMILES string of the molecule is N#CC1CCCC1N(CCO)C1CC1. The van der Waals surface area contributed by atoms with Crippen molar-refractivity contribution in [3.05, 3.63) is 0 Å². The first-order valence-corrected chi connectivity index (χ1v) is 5.63. The van der Waals surface area contributed by atoms with Crippen LogP contribution >= 0.6 is 0 Å². The Morgan fingerprint density at radius 3 is 2.64 bits per heavy atom. The van der Waals surface area contributed by atoms with Gasteiger partial charge in [0, 0.05) is 18.6 Å². The Balaban J connectivity index is 1.98. The minimum atomic E-state index is 0.210. The van der Waals surface area contributed by atoms with E-state index in [0.29, 0.717) is 12.1 Å². The van der Waals surface area contributed by atoms with Gasteiger partial charge in [-0.3, -0.25) is 4.90 Å². The highest BCUT2D eigenvalue weighted by atomic mass is 16.3. The molecule has 0 aliphatic heterocycles. The van der Waals surface area contributed by atoms with Gasteiger partial charge in [0.05, 0.1) is 18.6 Å². The third-order valence-corrected chi connectivity index (χ3v) is 3.45. The Labute approximate surface area is 85.3 Å². The summed E-state index contributed by atoms with van der Waals surface area (Å²) < 4.78 is 0. The monoisotopic (exact) mass is 194 g/mol. The number of aliphatic hydroxyl groups is 1. The molecule has 14 heavy (non-hydrogen) atoms. The smallest absolute Gasteiger partial charge is 0.0672 e. The molecule has 0 radical (unpaired) electrons. The normalized spacial score (nSPS) is 32.1. The molecule has 0 aromatic carbocycles. The zero-order valence-electron chi connectivity index (χ0n) is 8.52. The lowest BCUT2D eigenvalue weighted by molar-refractivity contribution is 0.130. The molecule has 2 saturated carbocycles. The standard InChI is InChI=1S/C11H18N2O/c12-8-9-2-1-3-11(9)13(6-7-14)10-4-5-10/h9-11,14H,1-7H2. The van der Waals surface area contributed by atoms with Gasteiger partial charge in [-0.2, -0.15) is 5.26 Å². The lowest BCUT2D eigenvalue weighted by atomic mass is 10.0. The van der Waals surface area contributed by atoms with Crippen molar-refractivity contribution in [3.8, 4) is 6.07 Å². The van der Waals surface area contributed by atoms with Crippen molar-refractivity contribution in [2.45, 2.75) is 44.2 Å². The third-order valence-electron chi connectivity index (χ3n) is 3.45. The fraction of sp³-hybridized carbons (Fsp3) is 0.909. The molecule has 2 unspecified atom stereocenters. The third kappa shape index (κ3) is 1.92. The molecule has 2 fully saturated rings. The molecule has 3 nitrogen and oxygen atoms in total. The summed E-state index contributed by atoms with van der Waals surface area (Å²) in [5, 5.41) is 18.0. The van der Waals surface area contributed by atoms with Gasteiger partial charge < -0.3 is 5.11 Å². The molecule has 78 valence electrons. The summed E-state index contributed by atoms with van der Waals surface area (Å²) >= 11 is 0. The van der Waals surface area contributed by atoms with E-state index in [0.717, 1.165) is 19.4 Å². The first-order chi connectivity index (χ1) is 6.86. The second kappa shape index (κ2) is 4.29. The molecule has 2 atom stereocenters. The van der Waals surface area contributed by atoms with E-state index in [1.54, 1.807) is 0 Å². The fourth-order valence-electron chi connectivity index (χ4n) is 2.63. The maximum atomic E-state index is 9.02. The molecule has 0 aromatic heterocycles. The summed E-state index contributed by atoms with van der Waals surface area (Å²) in [7, 11) is 0. The van der Waals surface area contributed by atoms with Crippen LogP contribution in [-0.2, 0) is 0 Å². The van der Waals surface area contributed by atoms with Gasteiger partial charge >= 0.3 is 0 Å². The second-order valence-electron chi connectivity index (χ2n) is 4.43. The van der Waals surface area contributed by atoms with Gasteiger partial charge in [-0.05, 0) is 25.7 Å².